The maximum atomic E-state index is 11.7. The van der Waals surface area contributed by atoms with Crippen molar-refractivity contribution in [1.82, 2.24) is 0 Å². The van der Waals surface area contributed by atoms with Gasteiger partial charge in [0.2, 0.25) is 12.9 Å². The fourth-order valence-corrected chi connectivity index (χ4v) is 1.15. The van der Waals surface area contributed by atoms with Crippen molar-refractivity contribution in [3.63, 3.8) is 0 Å². The van der Waals surface area contributed by atoms with Crippen LogP contribution in [0.5, 0.6) is 0 Å². The van der Waals surface area contributed by atoms with E-state index >= 15 is 0 Å². The summed E-state index contributed by atoms with van der Waals surface area (Å²) >= 11 is 0. The Morgan fingerprint density at radius 1 is 0.778 bits per heavy atom. The van der Waals surface area contributed by atoms with Crippen molar-refractivity contribution >= 4 is 6.16 Å². The first-order valence-corrected chi connectivity index (χ1v) is 5.88. The van der Waals surface area contributed by atoms with Gasteiger partial charge >= 0.3 is 6.16 Å². The molecular formula is C11H18F4O3. The molecule has 18 heavy (non-hydrogen) atoms. The molecule has 0 rings (SSSR count). The molecule has 7 heteroatoms. The van der Waals surface area contributed by atoms with Crippen LogP contribution in [-0.4, -0.2) is 32.2 Å². The maximum absolute atomic E-state index is 11.7. The van der Waals surface area contributed by atoms with E-state index in [4.69, 9.17) is 0 Å². The molecule has 0 aliphatic heterocycles. The summed E-state index contributed by atoms with van der Waals surface area (Å²) < 4.78 is 56.1. The van der Waals surface area contributed by atoms with Crippen molar-refractivity contribution in [2.45, 2.75) is 51.4 Å². The zero-order chi connectivity index (χ0) is 13.8. The second-order valence-electron chi connectivity index (χ2n) is 3.72. The smallest absolute Gasteiger partial charge is 0.434 e. The van der Waals surface area contributed by atoms with Crippen LogP contribution < -0.4 is 0 Å². The van der Waals surface area contributed by atoms with Crippen molar-refractivity contribution < 1.29 is 31.8 Å². The number of hydrogen-bond acceptors (Lipinski definition) is 3. The molecule has 0 bridgehead atoms. The van der Waals surface area contributed by atoms with E-state index in [1.54, 1.807) is 0 Å². The molecule has 0 fully saturated rings. The van der Waals surface area contributed by atoms with E-state index in [1.165, 1.54) is 0 Å². The molecule has 0 amide bonds. The average molecular weight is 274 g/mol. The zero-order valence-corrected chi connectivity index (χ0v) is 10.0. The van der Waals surface area contributed by atoms with Crippen LogP contribution >= 0.6 is 0 Å². The van der Waals surface area contributed by atoms with Gasteiger partial charge in [-0.05, 0) is 25.7 Å². The van der Waals surface area contributed by atoms with E-state index in [2.05, 4.69) is 9.47 Å². The highest BCUT2D eigenvalue weighted by Gasteiger charge is 2.06. The van der Waals surface area contributed by atoms with E-state index in [9.17, 15) is 22.4 Å². The summed E-state index contributed by atoms with van der Waals surface area (Å²) in [6.07, 6.45) is -4.74. The number of alkyl halides is 4. The van der Waals surface area contributed by atoms with Crippen molar-refractivity contribution in [2.75, 3.05) is 13.2 Å². The Balaban J connectivity index is 3.22. The first-order chi connectivity index (χ1) is 8.52. The lowest BCUT2D eigenvalue weighted by molar-refractivity contribution is 0.0504. The Hall–Kier alpha value is -1.01. The molecule has 0 aliphatic rings. The Morgan fingerprint density at radius 3 is 1.50 bits per heavy atom. The second-order valence-corrected chi connectivity index (χ2v) is 3.72. The molecule has 0 heterocycles. The summed E-state index contributed by atoms with van der Waals surface area (Å²) in [4.78, 5) is 10.9. The highest BCUT2D eigenvalue weighted by molar-refractivity contribution is 5.59. The lowest BCUT2D eigenvalue weighted by Crippen LogP contribution is -2.10. The average Bonchev–Trinajstić information content (AvgIpc) is 2.27. The van der Waals surface area contributed by atoms with Crippen molar-refractivity contribution in [3.05, 3.63) is 0 Å². The van der Waals surface area contributed by atoms with Gasteiger partial charge in [-0.1, -0.05) is 0 Å². The molecule has 0 aliphatic carbocycles. The second kappa shape index (κ2) is 11.1. The molecule has 0 spiro atoms. The van der Waals surface area contributed by atoms with E-state index in [0.29, 0.717) is 12.8 Å². The predicted octanol–water partition coefficient (Wildman–Crippen LogP) is 4.01. The Labute approximate surface area is 103 Å². The van der Waals surface area contributed by atoms with Crippen molar-refractivity contribution in [1.29, 1.82) is 0 Å². The third-order valence-corrected chi connectivity index (χ3v) is 2.07. The molecule has 0 saturated heterocycles. The monoisotopic (exact) mass is 274 g/mol. The molecule has 3 nitrogen and oxygen atoms in total. The Morgan fingerprint density at radius 2 is 1.17 bits per heavy atom. The number of halogens is 4. The summed E-state index contributed by atoms with van der Waals surface area (Å²) in [6.45, 7) is 0.0607. The molecule has 0 aromatic heterocycles. The minimum absolute atomic E-state index is 0.0303. The van der Waals surface area contributed by atoms with Crippen LogP contribution in [0, 0.1) is 0 Å². The number of ether oxygens (including phenoxy) is 2. The molecule has 108 valence electrons. The summed E-state index contributed by atoms with van der Waals surface area (Å²) in [5.41, 5.74) is 0. The van der Waals surface area contributed by atoms with Crippen LogP contribution in [0.3, 0.4) is 0 Å². The number of hydrogen-bond donors (Lipinski definition) is 0. The third-order valence-electron chi connectivity index (χ3n) is 2.07. The van der Waals surface area contributed by atoms with Crippen LogP contribution in [0.25, 0.3) is 0 Å². The first-order valence-electron chi connectivity index (χ1n) is 5.88. The highest BCUT2D eigenvalue weighted by atomic mass is 19.3. The lowest BCUT2D eigenvalue weighted by Gasteiger charge is -2.06. The number of carbonyl (C=O) groups excluding carboxylic acids is 1. The van der Waals surface area contributed by atoms with Crippen LogP contribution in [0.15, 0.2) is 0 Å². The molecule has 0 aromatic carbocycles. The largest absolute Gasteiger partial charge is 0.508 e. The van der Waals surface area contributed by atoms with Gasteiger partial charge in [-0.15, -0.1) is 0 Å². The minimum atomic E-state index is -2.34. The van der Waals surface area contributed by atoms with Gasteiger partial charge in [-0.3, -0.25) is 0 Å². The molecule has 0 N–H and O–H groups in total. The molecule has 0 unspecified atom stereocenters. The Bertz CT molecular complexity index is 192. The fraction of sp³-hybridized carbons (Fsp3) is 0.909. The molecule has 0 radical (unpaired) electrons. The van der Waals surface area contributed by atoms with Gasteiger partial charge in [0.05, 0.1) is 13.2 Å². The SMILES string of the molecule is O=C(OCCCCC(F)F)OCCCCC(F)F. The van der Waals surface area contributed by atoms with Crippen molar-refractivity contribution in [3.8, 4) is 0 Å². The minimum Gasteiger partial charge on any atom is -0.434 e. The number of rotatable bonds is 10. The summed E-state index contributed by atoms with van der Waals surface area (Å²) in [6, 6.07) is 0. The zero-order valence-electron chi connectivity index (χ0n) is 10.0. The van der Waals surface area contributed by atoms with Gasteiger partial charge in [0.1, 0.15) is 0 Å². The Kier molecular flexibility index (Phi) is 10.5. The van der Waals surface area contributed by atoms with E-state index in [1.807, 2.05) is 0 Å². The molecule has 0 atom stereocenters. The van der Waals surface area contributed by atoms with Crippen LogP contribution in [-0.2, 0) is 9.47 Å². The molecule has 0 aromatic rings. The molecule has 0 saturated carbocycles. The number of carbonyl (C=O) groups is 1. The van der Waals surface area contributed by atoms with Gasteiger partial charge in [0.15, 0.2) is 0 Å². The van der Waals surface area contributed by atoms with E-state index in [0.717, 1.165) is 0 Å². The normalized spacial score (nSPS) is 11.0. The maximum Gasteiger partial charge on any atom is 0.508 e. The summed E-state index contributed by atoms with van der Waals surface area (Å²) in [5.74, 6) is 0. The lowest BCUT2D eigenvalue weighted by atomic mass is 10.2. The number of unbranched alkanes of at least 4 members (excludes halogenated alkanes) is 2. The van der Waals surface area contributed by atoms with Crippen LogP contribution in [0.1, 0.15) is 38.5 Å². The fourth-order valence-electron chi connectivity index (χ4n) is 1.15. The van der Waals surface area contributed by atoms with Crippen molar-refractivity contribution in [2.24, 2.45) is 0 Å². The van der Waals surface area contributed by atoms with Gasteiger partial charge in [-0.25, -0.2) is 22.4 Å². The van der Waals surface area contributed by atoms with Crippen LogP contribution in [0.4, 0.5) is 22.4 Å². The van der Waals surface area contributed by atoms with Gasteiger partial charge in [-0.2, -0.15) is 0 Å². The third kappa shape index (κ3) is 13.1. The van der Waals surface area contributed by atoms with Gasteiger partial charge in [0.25, 0.3) is 0 Å². The standard InChI is InChI=1S/C11H18F4O3/c12-9(13)5-1-3-7-17-11(16)18-8-4-2-6-10(14)15/h9-10H,1-8H2. The topological polar surface area (TPSA) is 35.5 Å². The summed E-state index contributed by atoms with van der Waals surface area (Å²) in [7, 11) is 0. The van der Waals surface area contributed by atoms with Gasteiger partial charge in [0, 0.05) is 12.8 Å². The predicted molar refractivity (Wildman–Crippen MR) is 57.0 cm³/mol. The summed E-state index contributed by atoms with van der Waals surface area (Å²) in [5, 5.41) is 0. The van der Waals surface area contributed by atoms with E-state index in [-0.39, 0.29) is 38.9 Å². The van der Waals surface area contributed by atoms with E-state index < -0.39 is 19.0 Å². The quantitative estimate of drug-likeness (QED) is 0.343. The first kappa shape index (κ1) is 17.0. The van der Waals surface area contributed by atoms with Crippen LogP contribution in [0.2, 0.25) is 0 Å². The van der Waals surface area contributed by atoms with Gasteiger partial charge < -0.3 is 9.47 Å². The molecular weight excluding hydrogens is 256 g/mol. The highest BCUT2D eigenvalue weighted by Crippen LogP contribution is 2.07.